The maximum atomic E-state index is 13.5. The zero-order valence-corrected chi connectivity index (χ0v) is 22.7. The molecule has 4 rings (SSSR count). The van der Waals surface area contributed by atoms with E-state index < -0.39 is 30.0 Å². The number of halogens is 6. The SMILES string of the molecule is CCN(CC1CCC1)c1nc2ccccc2cc1CN(Cc1cc(C(F)(F)F)cc(C(F)(F)F)c1)C(N)=NN=NC. The maximum absolute atomic E-state index is 13.5. The number of nitrogens with two attached hydrogens (primary N) is 1. The van der Waals surface area contributed by atoms with Crippen LogP contribution in [0.5, 0.6) is 0 Å². The lowest BCUT2D eigenvalue weighted by Crippen LogP contribution is -2.38. The largest absolute Gasteiger partial charge is 0.416 e. The van der Waals surface area contributed by atoms with Crippen LogP contribution < -0.4 is 10.6 Å². The maximum Gasteiger partial charge on any atom is 0.416 e. The summed E-state index contributed by atoms with van der Waals surface area (Å²) in [6.07, 6.45) is -6.55. The molecular weight excluding hydrogens is 548 g/mol. The van der Waals surface area contributed by atoms with Gasteiger partial charge < -0.3 is 15.5 Å². The van der Waals surface area contributed by atoms with E-state index in [-0.39, 0.29) is 24.1 Å². The van der Waals surface area contributed by atoms with Crippen LogP contribution >= 0.6 is 0 Å². The van der Waals surface area contributed by atoms with Gasteiger partial charge in [0.05, 0.1) is 23.7 Å². The minimum absolute atomic E-state index is 0.000495. The molecule has 1 fully saturated rings. The summed E-state index contributed by atoms with van der Waals surface area (Å²) >= 11 is 0. The number of pyridine rings is 1. The summed E-state index contributed by atoms with van der Waals surface area (Å²) < 4.78 is 81.3. The minimum atomic E-state index is -4.98. The Bertz CT molecular complexity index is 1380. The number of para-hydroxylation sites is 1. The van der Waals surface area contributed by atoms with Gasteiger partial charge in [-0.15, -0.1) is 0 Å². The number of nitrogens with zero attached hydrogens (tertiary/aromatic N) is 6. The van der Waals surface area contributed by atoms with E-state index >= 15 is 0 Å². The molecule has 220 valence electrons. The molecule has 0 bridgehead atoms. The van der Waals surface area contributed by atoms with Crippen LogP contribution in [-0.4, -0.2) is 36.0 Å². The van der Waals surface area contributed by atoms with E-state index in [1.54, 1.807) is 0 Å². The first-order valence-electron chi connectivity index (χ1n) is 13.2. The number of anilines is 1. The average Bonchev–Trinajstić information content (AvgIpc) is 2.89. The topological polar surface area (TPSA) is 82.5 Å². The third-order valence-electron chi connectivity index (χ3n) is 7.11. The summed E-state index contributed by atoms with van der Waals surface area (Å²) in [4.78, 5) is 8.43. The van der Waals surface area contributed by atoms with Crippen LogP contribution in [-0.2, 0) is 25.4 Å². The molecule has 2 N–H and O–H groups in total. The molecule has 0 spiro atoms. The molecule has 1 saturated carbocycles. The highest BCUT2D eigenvalue weighted by Crippen LogP contribution is 2.37. The molecule has 0 radical (unpaired) electrons. The standard InChI is InChI=1S/C28H31F6N7/c1-3-40(15-18-7-6-8-18)25-21(13-20-9-4-5-10-24(20)37-25)17-41(26(35)38-39-36-2)16-19-11-22(27(29,30)31)14-23(12-19)28(32,33)34/h4-5,9-14,18H,3,6-8,15-17H2,1-2H3,(H2,35,36,38). The molecule has 3 aromatic rings. The van der Waals surface area contributed by atoms with Gasteiger partial charge in [-0.25, -0.2) is 4.98 Å². The lowest BCUT2D eigenvalue weighted by molar-refractivity contribution is -0.143. The van der Waals surface area contributed by atoms with Crippen molar-refractivity contribution in [3.8, 4) is 0 Å². The monoisotopic (exact) mass is 579 g/mol. The Morgan fingerprint density at radius 2 is 1.63 bits per heavy atom. The second kappa shape index (κ2) is 12.3. The van der Waals surface area contributed by atoms with Crippen molar-refractivity contribution in [3.63, 3.8) is 0 Å². The fourth-order valence-electron chi connectivity index (χ4n) is 4.80. The van der Waals surface area contributed by atoms with Gasteiger partial charge in [0.1, 0.15) is 5.82 Å². The second-order valence-corrected chi connectivity index (χ2v) is 10.0. The van der Waals surface area contributed by atoms with Crippen LogP contribution in [0.3, 0.4) is 0 Å². The number of hydrogen-bond acceptors (Lipinski definition) is 4. The molecule has 0 aliphatic heterocycles. The van der Waals surface area contributed by atoms with Crippen LogP contribution in [0.4, 0.5) is 32.2 Å². The van der Waals surface area contributed by atoms with Crippen molar-refractivity contribution in [2.24, 2.45) is 27.1 Å². The van der Waals surface area contributed by atoms with Crippen molar-refractivity contribution in [3.05, 3.63) is 70.8 Å². The lowest BCUT2D eigenvalue weighted by Gasteiger charge is -2.34. The number of aromatic nitrogens is 1. The molecular formula is C28H31F6N7. The molecule has 41 heavy (non-hydrogen) atoms. The van der Waals surface area contributed by atoms with E-state index in [2.05, 4.69) is 20.3 Å². The summed E-state index contributed by atoms with van der Waals surface area (Å²) in [6.45, 7) is 3.05. The highest BCUT2D eigenvalue weighted by atomic mass is 19.4. The molecule has 1 aliphatic carbocycles. The zero-order chi connectivity index (χ0) is 29.8. The van der Waals surface area contributed by atoms with Crippen molar-refractivity contribution < 1.29 is 26.3 Å². The molecule has 7 nitrogen and oxygen atoms in total. The number of benzene rings is 2. The summed E-state index contributed by atoms with van der Waals surface area (Å²) in [6, 6.07) is 10.9. The highest BCUT2D eigenvalue weighted by molar-refractivity contribution is 5.83. The molecule has 1 aromatic heterocycles. The van der Waals surface area contributed by atoms with Crippen molar-refractivity contribution in [1.29, 1.82) is 0 Å². The van der Waals surface area contributed by atoms with Crippen LogP contribution in [0.2, 0.25) is 0 Å². The Kier molecular flexibility index (Phi) is 9.03. The first kappa shape index (κ1) is 30.1. The zero-order valence-electron chi connectivity index (χ0n) is 22.7. The van der Waals surface area contributed by atoms with Gasteiger partial charge >= 0.3 is 12.4 Å². The van der Waals surface area contributed by atoms with Crippen LogP contribution in [0.15, 0.2) is 64.0 Å². The van der Waals surface area contributed by atoms with Gasteiger partial charge in [-0.3, -0.25) is 0 Å². The summed E-state index contributed by atoms with van der Waals surface area (Å²) in [7, 11) is 1.36. The number of fused-ring (bicyclic) bond motifs is 1. The van der Waals surface area contributed by atoms with Crippen molar-refractivity contribution >= 4 is 22.7 Å². The Labute approximate surface area is 233 Å². The highest BCUT2D eigenvalue weighted by Gasteiger charge is 2.37. The first-order valence-corrected chi connectivity index (χ1v) is 13.2. The fourth-order valence-corrected chi connectivity index (χ4v) is 4.80. The van der Waals surface area contributed by atoms with Gasteiger partial charge in [-0.05, 0) is 66.8 Å². The third kappa shape index (κ3) is 7.44. The van der Waals surface area contributed by atoms with E-state index in [0.717, 1.165) is 30.3 Å². The minimum Gasteiger partial charge on any atom is -0.368 e. The van der Waals surface area contributed by atoms with Crippen LogP contribution in [0.25, 0.3) is 10.9 Å². The second-order valence-electron chi connectivity index (χ2n) is 10.0. The quantitative estimate of drug-likeness (QED) is 0.0955. The molecule has 1 heterocycles. The van der Waals surface area contributed by atoms with E-state index in [1.807, 2.05) is 37.3 Å². The van der Waals surface area contributed by atoms with Gasteiger partial charge in [-0.1, -0.05) is 29.7 Å². The fraction of sp³-hybridized carbons (Fsp3) is 0.429. The Morgan fingerprint density at radius 3 is 2.20 bits per heavy atom. The average molecular weight is 580 g/mol. The normalized spacial score (nSPS) is 15.0. The van der Waals surface area contributed by atoms with Gasteiger partial charge in [-0.2, -0.15) is 31.5 Å². The molecule has 0 saturated heterocycles. The van der Waals surface area contributed by atoms with Gasteiger partial charge in [0.15, 0.2) is 0 Å². The van der Waals surface area contributed by atoms with Crippen molar-refractivity contribution in [2.75, 3.05) is 25.0 Å². The van der Waals surface area contributed by atoms with E-state index in [4.69, 9.17) is 10.7 Å². The van der Waals surface area contributed by atoms with E-state index in [0.29, 0.717) is 36.0 Å². The summed E-state index contributed by atoms with van der Waals surface area (Å²) in [5.74, 6) is 0.977. The van der Waals surface area contributed by atoms with Crippen LogP contribution in [0, 0.1) is 5.92 Å². The molecule has 1 aliphatic rings. The van der Waals surface area contributed by atoms with E-state index in [1.165, 1.54) is 18.4 Å². The molecule has 2 aromatic carbocycles. The van der Waals surface area contributed by atoms with Gasteiger partial charge in [0, 0.05) is 37.1 Å². The number of guanidine groups is 1. The van der Waals surface area contributed by atoms with Crippen molar-refractivity contribution in [2.45, 2.75) is 51.6 Å². The van der Waals surface area contributed by atoms with Gasteiger partial charge in [0.25, 0.3) is 0 Å². The number of rotatable bonds is 9. The van der Waals surface area contributed by atoms with Crippen molar-refractivity contribution in [1.82, 2.24) is 9.88 Å². The predicted molar refractivity (Wildman–Crippen MR) is 145 cm³/mol. The first-order chi connectivity index (χ1) is 19.4. The number of hydrogen-bond donors (Lipinski definition) is 1. The third-order valence-corrected chi connectivity index (χ3v) is 7.11. The molecule has 0 amide bonds. The van der Waals surface area contributed by atoms with Crippen LogP contribution in [0.1, 0.15) is 48.4 Å². The molecule has 0 unspecified atom stereocenters. The Morgan fingerprint density at radius 1 is 0.976 bits per heavy atom. The summed E-state index contributed by atoms with van der Waals surface area (Å²) in [5.41, 5.74) is 4.58. The Hall–Kier alpha value is -3.90. The van der Waals surface area contributed by atoms with E-state index in [9.17, 15) is 26.3 Å². The smallest absolute Gasteiger partial charge is 0.368 e. The number of alkyl halides is 6. The molecule has 13 heteroatoms. The summed E-state index contributed by atoms with van der Waals surface area (Å²) in [5, 5.41) is 11.7. The lowest BCUT2D eigenvalue weighted by atomic mass is 9.85. The Balaban J connectivity index is 1.79. The predicted octanol–water partition coefficient (Wildman–Crippen LogP) is 7.21. The van der Waals surface area contributed by atoms with Gasteiger partial charge in [0.2, 0.25) is 5.96 Å². The molecule has 0 atom stereocenters.